The lowest BCUT2D eigenvalue weighted by Gasteiger charge is -2.33. The molecule has 0 radical (unpaired) electrons. The lowest BCUT2D eigenvalue weighted by atomic mass is 10.1. The maximum atomic E-state index is 12.2. The lowest BCUT2D eigenvalue weighted by Crippen LogP contribution is -2.44. The minimum absolute atomic E-state index is 0.243. The summed E-state index contributed by atoms with van der Waals surface area (Å²) in [5.41, 5.74) is 3.81. The van der Waals surface area contributed by atoms with E-state index in [4.69, 9.17) is 4.98 Å². The van der Waals surface area contributed by atoms with E-state index in [9.17, 15) is 4.79 Å². The molecule has 7 heteroatoms. The second-order valence-electron chi connectivity index (χ2n) is 7.49. The fraction of sp³-hybridized carbons (Fsp3) is 0.318. The highest BCUT2D eigenvalue weighted by atomic mass is 16.2. The van der Waals surface area contributed by atoms with E-state index in [2.05, 4.69) is 45.5 Å². The molecule has 1 aliphatic heterocycles. The second-order valence-corrected chi connectivity index (χ2v) is 7.49. The molecule has 2 aromatic heterocycles. The summed E-state index contributed by atoms with van der Waals surface area (Å²) in [6.45, 7) is 6.61. The number of nitrogens with one attached hydrogen (secondary N) is 2. The molecule has 2 N–H and O–H groups in total. The van der Waals surface area contributed by atoms with Crippen LogP contribution in [0.25, 0.3) is 10.9 Å². The molecular formula is C22H26N6O. The first kappa shape index (κ1) is 19.1. The number of benzene rings is 1. The van der Waals surface area contributed by atoms with Gasteiger partial charge in [-0.2, -0.15) is 0 Å². The molecule has 0 unspecified atom stereocenters. The van der Waals surface area contributed by atoms with Crippen molar-refractivity contribution in [3.8, 4) is 0 Å². The number of aromatic nitrogens is 2. The average Bonchev–Trinajstić information content (AvgIpc) is 2.74. The number of hydrogen-bond acceptors (Lipinski definition) is 5. The molecule has 3 heterocycles. The predicted octanol–water partition coefficient (Wildman–Crippen LogP) is 3.01. The molecule has 7 nitrogen and oxygen atoms in total. The van der Waals surface area contributed by atoms with Crippen molar-refractivity contribution < 1.29 is 4.79 Å². The van der Waals surface area contributed by atoms with Crippen LogP contribution < -0.4 is 15.5 Å². The molecule has 150 valence electrons. The van der Waals surface area contributed by atoms with Crippen LogP contribution in [-0.2, 0) is 6.54 Å². The van der Waals surface area contributed by atoms with Gasteiger partial charge in [0.05, 0.1) is 5.52 Å². The third-order valence-electron chi connectivity index (χ3n) is 5.26. The number of rotatable bonds is 4. The maximum Gasteiger partial charge on any atom is 0.319 e. The Labute approximate surface area is 170 Å². The number of carbonyl (C=O) groups excluding carboxylic acids is 1. The molecule has 0 atom stereocenters. The number of hydrogen-bond donors (Lipinski definition) is 2. The Kier molecular flexibility index (Phi) is 5.57. The van der Waals surface area contributed by atoms with Crippen LogP contribution in [0.5, 0.6) is 0 Å². The summed E-state index contributed by atoms with van der Waals surface area (Å²) in [6.07, 6.45) is 3.45. The smallest absolute Gasteiger partial charge is 0.319 e. The molecule has 2 amide bonds. The van der Waals surface area contributed by atoms with Crippen LogP contribution in [0.3, 0.4) is 0 Å². The Bertz CT molecular complexity index is 999. The van der Waals surface area contributed by atoms with Crippen molar-refractivity contribution in [1.82, 2.24) is 20.2 Å². The summed E-state index contributed by atoms with van der Waals surface area (Å²) in [7, 11) is 2.15. The number of anilines is 2. The molecule has 0 saturated carbocycles. The molecule has 4 rings (SSSR count). The van der Waals surface area contributed by atoms with Crippen LogP contribution in [-0.4, -0.2) is 54.1 Å². The topological polar surface area (TPSA) is 73.4 Å². The maximum absolute atomic E-state index is 12.2. The third kappa shape index (κ3) is 4.63. The molecule has 1 saturated heterocycles. The van der Waals surface area contributed by atoms with Gasteiger partial charge < -0.3 is 20.4 Å². The summed E-state index contributed by atoms with van der Waals surface area (Å²) in [5.74, 6) is 1.03. The molecule has 1 aromatic carbocycles. The Hall–Kier alpha value is -3.19. The van der Waals surface area contributed by atoms with E-state index in [0.717, 1.165) is 59.7 Å². The summed E-state index contributed by atoms with van der Waals surface area (Å²) in [5, 5.41) is 6.80. The minimum atomic E-state index is -0.243. The standard InChI is InChI=1S/C22H26N6O/c1-16-12-21(28-10-8-27(2)9-11-28)26-20-6-5-18(13-19(16)20)25-22(29)24-15-17-4-3-7-23-14-17/h3-7,12-14H,8-11,15H2,1-2H3,(H2,24,25,29). The van der Waals surface area contributed by atoms with Crippen molar-refractivity contribution in [1.29, 1.82) is 0 Å². The SMILES string of the molecule is Cc1cc(N2CCN(C)CC2)nc2ccc(NC(=O)NCc3cccnc3)cc12. The Balaban J connectivity index is 1.45. The van der Waals surface area contributed by atoms with Gasteiger partial charge >= 0.3 is 6.03 Å². The second kappa shape index (κ2) is 8.45. The van der Waals surface area contributed by atoms with Crippen LogP contribution in [0.1, 0.15) is 11.1 Å². The number of amides is 2. The lowest BCUT2D eigenvalue weighted by molar-refractivity contribution is 0.251. The van der Waals surface area contributed by atoms with E-state index in [-0.39, 0.29) is 6.03 Å². The van der Waals surface area contributed by atoms with Gasteiger partial charge in [0.25, 0.3) is 0 Å². The van der Waals surface area contributed by atoms with Crippen molar-refractivity contribution >= 4 is 28.4 Å². The summed E-state index contributed by atoms with van der Waals surface area (Å²) < 4.78 is 0. The van der Waals surface area contributed by atoms with Crippen LogP contribution >= 0.6 is 0 Å². The van der Waals surface area contributed by atoms with Gasteiger partial charge in [0.1, 0.15) is 5.82 Å². The van der Waals surface area contributed by atoms with E-state index in [1.807, 2.05) is 30.3 Å². The number of aryl methyl sites for hydroxylation is 1. The Morgan fingerprint density at radius 2 is 1.97 bits per heavy atom. The van der Waals surface area contributed by atoms with Crippen molar-refractivity contribution in [2.45, 2.75) is 13.5 Å². The first-order valence-corrected chi connectivity index (χ1v) is 9.87. The van der Waals surface area contributed by atoms with Gasteiger partial charge in [-0.15, -0.1) is 0 Å². The fourth-order valence-electron chi connectivity index (χ4n) is 3.51. The highest BCUT2D eigenvalue weighted by Crippen LogP contribution is 2.26. The van der Waals surface area contributed by atoms with Crippen LogP contribution in [0, 0.1) is 6.92 Å². The van der Waals surface area contributed by atoms with Gasteiger partial charge in [-0.3, -0.25) is 4.98 Å². The quantitative estimate of drug-likeness (QED) is 0.716. The summed E-state index contributed by atoms with van der Waals surface area (Å²) >= 11 is 0. The van der Waals surface area contributed by atoms with E-state index in [1.54, 1.807) is 12.4 Å². The van der Waals surface area contributed by atoms with Gasteiger partial charge in [0.2, 0.25) is 0 Å². The summed E-state index contributed by atoms with van der Waals surface area (Å²) in [4.78, 5) is 25.8. The molecule has 3 aromatic rings. The van der Waals surface area contributed by atoms with Gasteiger partial charge in [-0.05, 0) is 55.4 Å². The number of piperazine rings is 1. The number of nitrogens with zero attached hydrogens (tertiary/aromatic N) is 4. The molecule has 0 aliphatic carbocycles. The first-order valence-electron chi connectivity index (χ1n) is 9.87. The number of urea groups is 1. The third-order valence-corrected chi connectivity index (χ3v) is 5.26. The van der Waals surface area contributed by atoms with Crippen molar-refractivity contribution in [2.24, 2.45) is 0 Å². The van der Waals surface area contributed by atoms with Crippen LogP contribution in [0.4, 0.5) is 16.3 Å². The predicted molar refractivity (Wildman–Crippen MR) is 116 cm³/mol. The van der Waals surface area contributed by atoms with Gasteiger partial charge in [-0.1, -0.05) is 6.07 Å². The highest BCUT2D eigenvalue weighted by Gasteiger charge is 2.16. The minimum Gasteiger partial charge on any atom is -0.354 e. The Morgan fingerprint density at radius 3 is 2.72 bits per heavy atom. The van der Waals surface area contributed by atoms with E-state index in [1.165, 1.54) is 0 Å². The van der Waals surface area contributed by atoms with Gasteiger partial charge in [0.15, 0.2) is 0 Å². The number of fused-ring (bicyclic) bond motifs is 1. The molecule has 0 bridgehead atoms. The van der Waals surface area contributed by atoms with E-state index < -0.39 is 0 Å². The molecular weight excluding hydrogens is 364 g/mol. The Morgan fingerprint density at radius 1 is 1.14 bits per heavy atom. The number of carbonyl (C=O) groups is 1. The molecule has 0 spiro atoms. The van der Waals surface area contributed by atoms with Crippen molar-refractivity contribution in [3.05, 3.63) is 59.9 Å². The van der Waals surface area contributed by atoms with Crippen molar-refractivity contribution in [2.75, 3.05) is 43.4 Å². The number of likely N-dealkylation sites (N-methyl/N-ethyl adjacent to an activating group) is 1. The zero-order valence-electron chi connectivity index (χ0n) is 16.9. The average molecular weight is 390 g/mol. The van der Waals surface area contributed by atoms with Crippen LogP contribution in [0.15, 0.2) is 48.8 Å². The monoisotopic (exact) mass is 390 g/mol. The highest BCUT2D eigenvalue weighted by molar-refractivity contribution is 5.93. The molecule has 1 fully saturated rings. The zero-order chi connectivity index (χ0) is 20.2. The van der Waals surface area contributed by atoms with E-state index >= 15 is 0 Å². The first-order chi connectivity index (χ1) is 14.1. The van der Waals surface area contributed by atoms with Crippen LogP contribution in [0.2, 0.25) is 0 Å². The molecule has 1 aliphatic rings. The fourth-order valence-corrected chi connectivity index (χ4v) is 3.51. The van der Waals surface area contributed by atoms with Crippen molar-refractivity contribution in [3.63, 3.8) is 0 Å². The summed E-state index contributed by atoms with van der Waals surface area (Å²) in [6, 6.07) is 11.5. The zero-order valence-corrected chi connectivity index (χ0v) is 16.9. The number of pyridine rings is 2. The normalized spacial score (nSPS) is 14.8. The van der Waals surface area contributed by atoms with E-state index in [0.29, 0.717) is 6.54 Å². The van der Waals surface area contributed by atoms with Gasteiger partial charge in [0, 0.05) is 56.2 Å². The van der Waals surface area contributed by atoms with Gasteiger partial charge in [-0.25, -0.2) is 9.78 Å². The largest absolute Gasteiger partial charge is 0.354 e. The molecule has 29 heavy (non-hydrogen) atoms.